The molecule has 0 unspecified atom stereocenters. The van der Waals surface area contributed by atoms with Gasteiger partial charge in [-0.2, -0.15) is 0 Å². The van der Waals surface area contributed by atoms with Crippen LogP contribution in [-0.2, 0) is 6.61 Å². The first kappa shape index (κ1) is 11.1. The third kappa shape index (κ3) is 1.75. The van der Waals surface area contributed by atoms with Crippen molar-refractivity contribution in [3.8, 4) is 16.9 Å². The minimum absolute atomic E-state index is 0.682. The second-order valence-corrected chi connectivity index (χ2v) is 5.56. The van der Waals surface area contributed by atoms with Gasteiger partial charge >= 0.3 is 0 Å². The Bertz CT molecular complexity index is 644. The third-order valence-electron chi connectivity index (χ3n) is 4.20. The maximum Gasteiger partial charge on any atom is 0.127 e. The van der Waals surface area contributed by atoms with Gasteiger partial charge in [-0.25, -0.2) is 0 Å². The van der Waals surface area contributed by atoms with E-state index in [1.165, 1.54) is 27.8 Å². The van der Waals surface area contributed by atoms with E-state index in [-0.39, 0.29) is 0 Å². The van der Waals surface area contributed by atoms with Crippen molar-refractivity contribution in [1.29, 1.82) is 0 Å². The zero-order chi connectivity index (χ0) is 12.8. The molecule has 0 spiro atoms. The minimum Gasteiger partial charge on any atom is -0.488 e. The first-order valence-electron chi connectivity index (χ1n) is 6.88. The zero-order valence-electron chi connectivity index (χ0n) is 11.1. The van der Waals surface area contributed by atoms with E-state index >= 15 is 0 Å². The summed E-state index contributed by atoms with van der Waals surface area (Å²) >= 11 is 0. The number of rotatable bonds is 1. The lowest BCUT2D eigenvalue weighted by Crippen LogP contribution is -2.39. The van der Waals surface area contributed by atoms with Crippen LogP contribution in [0.1, 0.15) is 22.6 Å². The van der Waals surface area contributed by atoms with Crippen molar-refractivity contribution in [3.05, 3.63) is 53.1 Å². The highest BCUT2D eigenvalue weighted by Crippen LogP contribution is 2.39. The summed E-state index contributed by atoms with van der Waals surface area (Å²) in [6, 6.07) is 13.3. The molecule has 0 aromatic heterocycles. The highest BCUT2D eigenvalue weighted by Gasteiger charge is 2.22. The van der Waals surface area contributed by atoms with Crippen LogP contribution in [-0.4, -0.2) is 13.1 Å². The Morgan fingerprint density at radius 2 is 1.95 bits per heavy atom. The van der Waals surface area contributed by atoms with E-state index < -0.39 is 0 Å². The Hall–Kier alpha value is -1.80. The van der Waals surface area contributed by atoms with Crippen LogP contribution in [0.2, 0.25) is 0 Å². The molecule has 4 rings (SSSR count). The van der Waals surface area contributed by atoms with Gasteiger partial charge in [0, 0.05) is 24.6 Å². The van der Waals surface area contributed by atoms with Crippen LogP contribution in [0.15, 0.2) is 36.4 Å². The first-order chi connectivity index (χ1) is 9.31. The number of hydrogen-bond donors (Lipinski definition) is 1. The zero-order valence-corrected chi connectivity index (χ0v) is 11.1. The van der Waals surface area contributed by atoms with Crippen molar-refractivity contribution in [2.24, 2.45) is 0 Å². The molecule has 2 aromatic carbocycles. The van der Waals surface area contributed by atoms with E-state index in [9.17, 15) is 0 Å². The van der Waals surface area contributed by atoms with Crippen LogP contribution >= 0.6 is 0 Å². The number of fused-ring (bicyclic) bond motifs is 3. The van der Waals surface area contributed by atoms with Gasteiger partial charge in [-0.05, 0) is 35.2 Å². The predicted octanol–water partition coefficient (Wildman–Crippen LogP) is 3.24. The summed E-state index contributed by atoms with van der Waals surface area (Å²) in [6.07, 6.45) is 0. The van der Waals surface area contributed by atoms with Crippen molar-refractivity contribution in [2.45, 2.75) is 19.4 Å². The van der Waals surface area contributed by atoms with Gasteiger partial charge < -0.3 is 10.1 Å². The first-order valence-corrected chi connectivity index (χ1v) is 6.88. The summed E-state index contributed by atoms with van der Waals surface area (Å²) in [6.45, 7) is 5.01. The van der Waals surface area contributed by atoms with E-state index in [1.54, 1.807) is 0 Å². The van der Waals surface area contributed by atoms with Gasteiger partial charge in [-0.1, -0.05) is 30.3 Å². The van der Waals surface area contributed by atoms with E-state index in [2.05, 4.69) is 48.6 Å². The van der Waals surface area contributed by atoms with E-state index in [0.29, 0.717) is 12.5 Å². The lowest BCUT2D eigenvalue weighted by Gasteiger charge is -2.29. The van der Waals surface area contributed by atoms with Crippen molar-refractivity contribution in [1.82, 2.24) is 5.32 Å². The summed E-state index contributed by atoms with van der Waals surface area (Å²) in [5.41, 5.74) is 6.59. The Balaban J connectivity index is 1.84. The Labute approximate surface area is 113 Å². The topological polar surface area (TPSA) is 21.3 Å². The van der Waals surface area contributed by atoms with E-state index in [1.807, 2.05) is 0 Å². The summed E-state index contributed by atoms with van der Waals surface area (Å²) in [5.74, 6) is 1.71. The quantitative estimate of drug-likeness (QED) is 0.840. The molecule has 2 nitrogen and oxygen atoms in total. The molecule has 2 heteroatoms. The van der Waals surface area contributed by atoms with Gasteiger partial charge in [0.2, 0.25) is 0 Å². The number of aryl methyl sites for hydroxylation is 1. The molecule has 0 bridgehead atoms. The molecule has 0 amide bonds. The smallest absolute Gasteiger partial charge is 0.127 e. The molecular formula is C17H17NO. The molecule has 1 fully saturated rings. The fourth-order valence-electron chi connectivity index (χ4n) is 2.88. The molecule has 1 saturated heterocycles. The van der Waals surface area contributed by atoms with E-state index in [0.717, 1.165) is 18.8 Å². The molecule has 1 N–H and O–H groups in total. The van der Waals surface area contributed by atoms with Gasteiger partial charge in [0.05, 0.1) is 0 Å². The van der Waals surface area contributed by atoms with Crippen molar-refractivity contribution >= 4 is 0 Å². The van der Waals surface area contributed by atoms with Crippen LogP contribution in [0.25, 0.3) is 11.1 Å². The molecule has 96 valence electrons. The van der Waals surface area contributed by atoms with Gasteiger partial charge in [0.25, 0.3) is 0 Å². The molecule has 2 aromatic rings. The average molecular weight is 251 g/mol. The molecule has 0 aliphatic carbocycles. The van der Waals surface area contributed by atoms with Crippen molar-refractivity contribution < 1.29 is 4.74 Å². The number of hydrogen-bond acceptors (Lipinski definition) is 2. The van der Waals surface area contributed by atoms with Crippen LogP contribution in [0.4, 0.5) is 0 Å². The molecule has 0 atom stereocenters. The number of ether oxygens (including phenoxy) is 1. The van der Waals surface area contributed by atoms with Crippen molar-refractivity contribution in [2.75, 3.05) is 13.1 Å². The monoisotopic (exact) mass is 251 g/mol. The van der Waals surface area contributed by atoms with Crippen LogP contribution in [0.5, 0.6) is 5.75 Å². The predicted molar refractivity (Wildman–Crippen MR) is 76.6 cm³/mol. The van der Waals surface area contributed by atoms with Crippen LogP contribution in [0, 0.1) is 6.92 Å². The molecule has 2 aliphatic heterocycles. The van der Waals surface area contributed by atoms with Gasteiger partial charge in [-0.3, -0.25) is 0 Å². The summed E-state index contributed by atoms with van der Waals surface area (Å²) in [4.78, 5) is 0. The Morgan fingerprint density at radius 1 is 1.05 bits per heavy atom. The maximum atomic E-state index is 5.86. The van der Waals surface area contributed by atoms with E-state index in [4.69, 9.17) is 4.74 Å². The Kier molecular flexibility index (Phi) is 2.39. The van der Waals surface area contributed by atoms with Gasteiger partial charge in [-0.15, -0.1) is 0 Å². The number of nitrogens with one attached hydrogen (secondary N) is 1. The molecule has 0 saturated carbocycles. The third-order valence-corrected chi connectivity index (χ3v) is 4.20. The molecule has 2 aliphatic rings. The molecule has 0 radical (unpaired) electrons. The molecule has 19 heavy (non-hydrogen) atoms. The number of benzene rings is 2. The standard InChI is InChI=1S/C17H17NO/c1-11-2-5-15-16-7-12(14-8-18-9-14)3-4-13(16)10-19-17(15)6-11/h2-7,14,18H,8-10H2,1H3. The lowest BCUT2D eigenvalue weighted by molar-refractivity contribution is 0.302. The second kappa shape index (κ2) is 4.10. The van der Waals surface area contributed by atoms with Crippen molar-refractivity contribution in [3.63, 3.8) is 0 Å². The summed E-state index contributed by atoms with van der Waals surface area (Å²) < 4.78 is 5.86. The maximum absolute atomic E-state index is 5.86. The largest absolute Gasteiger partial charge is 0.488 e. The minimum atomic E-state index is 0.682. The highest BCUT2D eigenvalue weighted by molar-refractivity contribution is 5.76. The SMILES string of the molecule is Cc1ccc2c(c1)OCc1ccc(C3CNC3)cc1-2. The lowest BCUT2D eigenvalue weighted by atomic mass is 9.88. The fourth-order valence-corrected chi connectivity index (χ4v) is 2.88. The summed E-state index contributed by atoms with van der Waals surface area (Å²) in [7, 11) is 0. The Morgan fingerprint density at radius 3 is 2.74 bits per heavy atom. The van der Waals surface area contributed by atoms with Gasteiger partial charge in [0.1, 0.15) is 12.4 Å². The molecule has 2 heterocycles. The molecular weight excluding hydrogens is 234 g/mol. The fraction of sp³-hybridized carbons (Fsp3) is 0.294. The second-order valence-electron chi connectivity index (χ2n) is 5.56. The van der Waals surface area contributed by atoms with Gasteiger partial charge in [0.15, 0.2) is 0 Å². The average Bonchev–Trinajstić information content (AvgIpc) is 2.36. The van der Waals surface area contributed by atoms with Crippen LogP contribution in [0.3, 0.4) is 0 Å². The highest BCUT2D eigenvalue weighted by atomic mass is 16.5. The van der Waals surface area contributed by atoms with Crippen LogP contribution < -0.4 is 10.1 Å². The summed E-state index contributed by atoms with van der Waals surface area (Å²) in [5, 5.41) is 3.34. The normalized spacial score (nSPS) is 17.1.